The number of aromatic amines is 1. The second kappa shape index (κ2) is 9.61. The molecule has 0 unspecified atom stereocenters. The van der Waals surface area contributed by atoms with Crippen molar-refractivity contribution in [3.8, 4) is 0 Å². The molecule has 4 nitrogen and oxygen atoms in total. The van der Waals surface area contributed by atoms with Gasteiger partial charge in [-0.05, 0) is 61.1 Å². The van der Waals surface area contributed by atoms with E-state index in [1.807, 2.05) is 36.5 Å². The molecule has 6 heteroatoms. The highest BCUT2D eigenvalue weighted by Gasteiger charge is 2.21. The van der Waals surface area contributed by atoms with Crippen LogP contribution >= 0.6 is 24.8 Å². The van der Waals surface area contributed by atoms with Crippen molar-refractivity contribution in [2.24, 2.45) is 0 Å². The van der Waals surface area contributed by atoms with Crippen LogP contribution in [0.15, 0.2) is 71.7 Å². The van der Waals surface area contributed by atoms with E-state index in [1.165, 1.54) is 11.3 Å². The van der Waals surface area contributed by atoms with Crippen LogP contribution in [-0.4, -0.2) is 28.0 Å². The van der Waals surface area contributed by atoms with E-state index in [1.54, 1.807) is 0 Å². The predicted octanol–water partition coefficient (Wildman–Crippen LogP) is 5.30. The van der Waals surface area contributed by atoms with Crippen LogP contribution in [0.1, 0.15) is 30.0 Å². The highest BCUT2D eigenvalue weighted by molar-refractivity contribution is 6.05. The van der Waals surface area contributed by atoms with Gasteiger partial charge >= 0.3 is 0 Å². The van der Waals surface area contributed by atoms with Gasteiger partial charge in [0.15, 0.2) is 0 Å². The van der Waals surface area contributed by atoms with Crippen LogP contribution in [-0.2, 0) is 6.54 Å². The fourth-order valence-corrected chi connectivity index (χ4v) is 4.40. The minimum atomic E-state index is -0.0172. The van der Waals surface area contributed by atoms with Gasteiger partial charge in [0.25, 0.3) is 5.56 Å². The monoisotopic (exact) mass is 441 g/mol. The number of pyridine rings is 2. The van der Waals surface area contributed by atoms with Gasteiger partial charge in [0.1, 0.15) is 0 Å². The van der Waals surface area contributed by atoms with Gasteiger partial charge < -0.3 is 4.98 Å². The maximum Gasteiger partial charge on any atom is 0.256 e. The summed E-state index contributed by atoms with van der Waals surface area (Å²) in [5.74, 6) is 0.566. The minimum absolute atomic E-state index is 0. The van der Waals surface area contributed by atoms with E-state index in [0.717, 1.165) is 54.2 Å². The lowest BCUT2D eigenvalue weighted by atomic mass is 9.93. The highest BCUT2D eigenvalue weighted by atomic mass is 35.5. The molecule has 0 spiro atoms. The molecule has 4 aromatic rings. The minimum Gasteiger partial charge on any atom is -0.321 e. The molecule has 156 valence electrons. The van der Waals surface area contributed by atoms with E-state index in [4.69, 9.17) is 0 Å². The predicted molar refractivity (Wildman–Crippen MR) is 128 cm³/mol. The Morgan fingerprint density at radius 1 is 0.900 bits per heavy atom. The molecule has 1 N–H and O–H groups in total. The van der Waals surface area contributed by atoms with Gasteiger partial charge in [0.05, 0.1) is 0 Å². The first-order chi connectivity index (χ1) is 13.8. The van der Waals surface area contributed by atoms with E-state index in [2.05, 4.69) is 45.2 Å². The number of nitrogens with one attached hydrogen (secondary N) is 1. The summed E-state index contributed by atoms with van der Waals surface area (Å²) < 4.78 is 0. The Morgan fingerprint density at radius 2 is 1.63 bits per heavy atom. The molecule has 5 rings (SSSR count). The van der Waals surface area contributed by atoms with Crippen LogP contribution in [0.3, 0.4) is 0 Å². The Kier molecular flexibility index (Phi) is 7.14. The third-order valence-corrected chi connectivity index (χ3v) is 5.89. The van der Waals surface area contributed by atoms with Crippen molar-refractivity contribution in [2.45, 2.75) is 25.3 Å². The number of likely N-dealkylation sites (tertiary alicyclic amines) is 1. The van der Waals surface area contributed by atoms with Crippen molar-refractivity contribution >= 4 is 46.5 Å². The second-order valence-corrected chi connectivity index (χ2v) is 7.68. The van der Waals surface area contributed by atoms with Crippen LogP contribution in [0, 0.1) is 0 Å². The number of rotatable bonds is 3. The Hall–Kier alpha value is -2.40. The first-order valence-electron chi connectivity index (χ1n) is 9.95. The van der Waals surface area contributed by atoms with E-state index in [9.17, 15) is 4.79 Å². The molecule has 0 saturated carbocycles. The highest BCUT2D eigenvalue weighted by Crippen LogP contribution is 2.28. The molecule has 3 heterocycles. The molecule has 0 aliphatic carbocycles. The zero-order chi connectivity index (χ0) is 18.9. The lowest BCUT2D eigenvalue weighted by Crippen LogP contribution is -2.32. The van der Waals surface area contributed by atoms with Crippen LogP contribution in [0.2, 0.25) is 0 Å². The van der Waals surface area contributed by atoms with Gasteiger partial charge in [-0.25, -0.2) is 0 Å². The van der Waals surface area contributed by atoms with Gasteiger partial charge in [-0.2, -0.15) is 0 Å². The molecular weight excluding hydrogens is 417 g/mol. The maximum absolute atomic E-state index is 12.4. The number of piperidine rings is 1. The summed E-state index contributed by atoms with van der Waals surface area (Å²) >= 11 is 0. The topological polar surface area (TPSA) is 49.0 Å². The molecule has 2 aromatic carbocycles. The molecule has 1 aliphatic rings. The lowest BCUT2D eigenvalue weighted by Gasteiger charge is -2.31. The number of halogens is 2. The van der Waals surface area contributed by atoms with Crippen molar-refractivity contribution in [1.29, 1.82) is 0 Å². The second-order valence-electron chi connectivity index (χ2n) is 7.68. The normalized spacial score (nSPS) is 14.9. The quantitative estimate of drug-likeness (QED) is 0.438. The van der Waals surface area contributed by atoms with Gasteiger partial charge in [0, 0.05) is 40.6 Å². The SMILES string of the molecule is Cl.Cl.O=c1[nH]c2cc(CN3CCC(c4ccccn4)CC3)ccc2c2ccccc12. The van der Waals surface area contributed by atoms with Crippen LogP contribution in [0.25, 0.3) is 21.7 Å². The number of fused-ring (bicyclic) bond motifs is 3. The standard InChI is InChI=1S/C24H23N3O.2ClH/c28-24-21-6-2-1-5-19(21)20-9-8-17(15-23(20)26-24)16-27-13-10-18(11-14-27)22-7-3-4-12-25-22;;/h1-9,12,15,18H,10-11,13-14,16H2,(H,26,28);2*1H. The molecule has 30 heavy (non-hydrogen) atoms. The molecule has 1 saturated heterocycles. The average Bonchev–Trinajstić information content (AvgIpc) is 2.75. The molecule has 2 aromatic heterocycles. The fourth-order valence-electron chi connectivity index (χ4n) is 4.40. The molecule has 0 amide bonds. The molecule has 1 fully saturated rings. The molecule has 1 aliphatic heterocycles. The third kappa shape index (κ3) is 4.36. The third-order valence-electron chi connectivity index (χ3n) is 5.89. The summed E-state index contributed by atoms with van der Waals surface area (Å²) in [7, 11) is 0. The molecule has 0 bridgehead atoms. The molecule has 0 radical (unpaired) electrons. The zero-order valence-electron chi connectivity index (χ0n) is 16.6. The van der Waals surface area contributed by atoms with Crippen molar-refractivity contribution in [3.05, 3.63) is 88.5 Å². The summed E-state index contributed by atoms with van der Waals surface area (Å²) in [6.45, 7) is 3.07. The van der Waals surface area contributed by atoms with Crippen molar-refractivity contribution in [1.82, 2.24) is 14.9 Å². The van der Waals surface area contributed by atoms with E-state index in [-0.39, 0.29) is 30.4 Å². The average molecular weight is 442 g/mol. The number of H-pyrrole nitrogens is 1. The van der Waals surface area contributed by atoms with Crippen molar-refractivity contribution in [3.63, 3.8) is 0 Å². The van der Waals surface area contributed by atoms with Crippen molar-refractivity contribution < 1.29 is 0 Å². The maximum atomic E-state index is 12.4. The van der Waals surface area contributed by atoms with Crippen LogP contribution < -0.4 is 5.56 Å². The van der Waals surface area contributed by atoms with Crippen LogP contribution in [0.4, 0.5) is 0 Å². The summed E-state index contributed by atoms with van der Waals surface area (Å²) in [5.41, 5.74) is 3.37. The molecule has 0 atom stereocenters. The Balaban J connectivity index is 0.00000128. The number of hydrogen-bond acceptors (Lipinski definition) is 3. The Morgan fingerprint density at radius 3 is 2.37 bits per heavy atom. The smallest absolute Gasteiger partial charge is 0.256 e. The largest absolute Gasteiger partial charge is 0.321 e. The number of aromatic nitrogens is 2. The summed E-state index contributed by atoms with van der Waals surface area (Å²) in [5, 5.41) is 2.87. The number of hydrogen-bond donors (Lipinski definition) is 1. The summed E-state index contributed by atoms with van der Waals surface area (Å²) in [6.07, 6.45) is 4.18. The first-order valence-corrected chi connectivity index (χ1v) is 9.95. The number of nitrogens with zero attached hydrogens (tertiary/aromatic N) is 2. The van der Waals surface area contributed by atoms with E-state index < -0.39 is 0 Å². The van der Waals surface area contributed by atoms with Gasteiger partial charge in [0.2, 0.25) is 0 Å². The fraction of sp³-hybridized carbons (Fsp3) is 0.250. The number of benzene rings is 2. The zero-order valence-corrected chi connectivity index (χ0v) is 18.2. The van der Waals surface area contributed by atoms with Gasteiger partial charge in [-0.3, -0.25) is 14.7 Å². The van der Waals surface area contributed by atoms with E-state index in [0.29, 0.717) is 5.92 Å². The molecular formula is C24H25Cl2N3O. The first kappa shape index (κ1) is 22.3. The summed E-state index contributed by atoms with van der Waals surface area (Å²) in [6, 6.07) is 20.5. The van der Waals surface area contributed by atoms with E-state index >= 15 is 0 Å². The Labute approximate surface area is 188 Å². The van der Waals surface area contributed by atoms with Crippen molar-refractivity contribution in [2.75, 3.05) is 13.1 Å². The van der Waals surface area contributed by atoms with Gasteiger partial charge in [-0.15, -0.1) is 24.8 Å². The lowest BCUT2D eigenvalue weighted by molar-refractivity contribution is 0.203. The summed E-state index contributed by atoms with van der Waals surface area (Å²) in [4.78, 5) is 22.5. The van der Waals surface area contributed by atoms with Crippen LogP contribution in [0.5, 0.6) is 0 Å². The Bertz CT molecular complexity index is 1190. The van der Waals surface area contributed by atoms with Gasteiger partial charge in [-0.1, -0.05) is 36.4 Å².